The van der Waals surface area contributed by atoms with Crippen LogP contribution in [0.2, 0.25) is 0 Å². The zero-order valence-corrected chi connectivity index (χ0v) is 11.6. The van der Waals surface area contributed by atoms with E-state index < -0.39 is 0 Å². The van der Waals surface area contributed by atoms with E-state index in [0.717, 1.165) is 12.0 Å². The van der Waals surface area contributed by atoms with Crippen LogP contribution >= 0.6 is 0 Å². The Bertz CT molecular complexity index is 591. The number of ether oxygens (including phenoxy) is 1. The van der Waals surface area contributed by atoms with E-state index in [4.69, 9.17) is 4.74 Å². The van der Waals surface area contributed by atoms with E-state index in [1.54, 1.807) is 31.0 Å². The molecule has 3 rings (SSSR count). The molecule has 108 valence electrons. The number of carbonyl (C=O) groups is 1. The molecule has 0 N–H and O–H groups in total. The topological polar surface area (TPSA) is 68.2 Å². The van der Waals surface area contributed by atoms with Gasteiger partial charge in [-0.1, -0.05) is 6.07 Å². The monoisotopic (exact) mass is 284 g/mol. The van der Waals surface area contributed by atoms with Crippen LogP contribution in [-0.2, 0) is 11.2 Å². The van der Waals surface area contributed by atoms with Crippen LogP contribution in [0.25, 0.3) is 0 Å². The van der Waals surface area contributed by atoms with Crippen LogP contribution in [0.15, 0.2) is 43.1 Å². The van der Waals surface area contributed by atoms with Crippen molar-refractivity contribution in [1.82, 2.24) is 19.9 Å². The molecule has 0 aromatic carbocycles. The van der Waals surface area contributed by atoms with Crippen molar-refractivity contribution in [2.24, 2.45) is 0 Å². The molecule has 1 aliphatic heterocycles. The molecule has 1 amide bonds. The first-order valence-electron chi connectivity index (χ1n) is 6.90. The fourth-order valence-corrected chi connectivity index (χ4v) is 2.36. The predicted molar refractivity (Wildman–Crippen MR) is 75.6 cm³/mol. The normalized spacial score (nSPS) is 17.7. The van der Waals surface area contributed by atoms with E-state index in [9.17, 15) is 4.79 Å². The van der Waals surface area contributed by atoms with Crippen LogP contribution < -0.4 is 4.74 Å². The summed E-state index contributed by atoms with van der Waals surface area (Å²) in [5.41, 5.74) is 0.931. The Labute approximate surface area is 122 Å². The van der Waals surface area contributed by atoms with Crippen molar-refractivity contribution in [1.29, 1.82) is 0 Å². The van der Waals surface area contributed by atoms with Gasteiger partial charge in [-0.25, -0.2) is 4.98 Å². The van der Waals surface area contributed by atoms with Crippen LogP contribution in [0.1, 0.15) is 12.0 Å². The minimum absolute atomic E-state index is 0.0143. The second-order valence-electron chi connectivity index (χ2n) is 4.95. The summed E-state index contributed by atoms with van der Waals surface area (Å²) in [7, 11) is 0. The number of pyridine rings is 1. The first-order valence-corrected chi connectivity index (χ1v) is 6.90. The number of hydrogen-bond acceptors (Lipinski definition) is 5. The molecule has 6 heteroatoms. The molecule has 0 spiro atoms. The standard InChI is InChI=1S/C15H16N4O2/c20-15(8-12-2-1-4-16-9-12)19-7-3-13(11-19)21-14-10-17-5-6-18-14/h1-2,4-6,9-10,13H,3,7-8,11H2. The molecule has 2 aromatic heterocycles. The average molecular weight is 284 g/mol. The molecule has 0 radical (unpaired) electrons. The van der Waals surface area contributed by atoms with Crippen molar-refractivity contribution in [3.05, 3.63) is 48.7 Å². The van der Waals surface area contributed by atoms with Gasteiger partial charge in [-0.2, -0.15) is 0 Å². The summed E-state index contributed by atoms with van der Waals surface area (Å²) < 4.78 is 5.73. The van der Waals surface area contributed by atoms with Gasteiger partial charge in [0.2, 0.25) is 11.8 Å². The second kappa shape index (κ2) is 6.30. The van der Waals surface area contributed by atoms with Crippen LogP contribution in [0, 0.1) is 0 Å². The summed E-state index contributed by atoms with van der Waals surface area (Å²) in [4.78, 5) is 26.1. The maximum atomic E-state index is 12.2. The number of amides is 1. The smallest absolute Gasteiger partial charge is 0.232 e. The van der Waals surface area contributed by atoms with E-state index in [1.165, 1.54) is 0 Å². The van der Waals surface area contributed by atoms with E-state index >= 15 is 0 Å². The lowest BCUT2D eigenvalue weighted by atomic mass is 10.2. The van der Waals surface area contributed by atoms with E-state index in [-0.39, 0.29) is 12.0 Å². The Morgan fingerprint density at radius 2 is 2.19 bits per heavy atom. The van der Waals surface area contributed by atoms with Gasteiger partial charge in [0.1, 0.15) is 6.10 Å². The summed E-state index contributed by atoms with van der Waals surface area (Å²) in [6, 6.07) is 3.75. The third kappa shape index (κ3) is 3.53. The van der Waals surface area contributed by atoms with Crippen molar-refractivity contribution >= 4 is 5.91 Å². The molecule has 0 aliphatic carbocycles. The summed E-state index contributed by atoms with van der Waals surface area (Å²) in [6.45, 7) is 1.31. The predicted octanol–water partition coefficient (Wildman–Crippen LogP) is 1.09. The van der Waals surface area contributed by atoms with Gasteiger partial charge in [-0.05, 0) is 11.6 Å². The van der Waals surface area contributed by atoms with Gasteiger partial charge < -0.3 is 9.64 Å². The van der Waals surface area contributed by atoms with Gasteiger partial charge in [-0.15, -0.1) is 0 Å². The van der Waals surface area contributed by atoms with E-state index in [2.05, 4.69) is 15.0 Å². The lowest BCUT2D eigenvalue weighted by molar-refractivity contribution is -0.129. The molecule has 0 saturated carbocycles. The molecule has 21 heavy (non-hydrogen) atoms. The molecular weight excluding hydrogens is 268 g/mol. The number of rotatable bonds is 4. The van der Waals surface area contributed by atoms with Crippen molar-refractivity contribution in [2.45, 2.75) is 18.9 Å². The van der Waals surface area contributed by atoms with Gasteiger partial charge in [0.25, 0.3) is 0 Å². The van der Waals surface area contributed by atoms with Gasteiger partial charge >= 0.3 is 0 Å². The highest BCUT2D eigenvalue weighted by molar-refractivity contribution is 5.79. The largest absolute Gasteiger partial charge is 0.471 e. The first-order chi connectivity index (χ1) is 10.3. The average Bonchev–Trinajstić information content (AvgIpc) is 2.98. The third-order valence-corrected chi connectivity index (χ3v) is 3.40. The second-order valence-corrected chi connectivity index (χ2v) is 4.95. The summed E-state index contributed by atoms with van der Waals surface area (Å²) in [5, 5.41) is 0. The minimum Gasteiger partial charge on any atom is -0.471 e. The van der Waals surface area contributed by atoms with Gasteiger partial charge in [0.15, 0.2) is 0 Å². The molecule has 3 heterocycles. The third-order valence-electron chi connectivity index (χ3n) is 3.40. The van der Waals surface area contributed by atoms with Crippen LogP contribution in [0.3, 0.4) is 0 Å². The van der Waals surface area contributed by atoms with Gasteiger partial charge in [-0.3, -0.25) is 14.8 Å². The quantitative estimate of drug-likeness (QED) is 0.841. The van der Waals surface area contributed by atoms with Crippen LogP contribution in [0.4, 0.5) is 0 Å². The molecule has 0 bridgehead atoms. The summed E-state index contributed by atoms with van der Waals surface area (Å²) in [5.74, 6) is 0.609. The van der Waals surface area contributed by atoms with E-state index in [0.29, 0.717) is 25.4 Å². The zero-order chi connectivity index (χ0) is 14.5. The van der Waals surface area contributed by atoms with Gasteiger partial charge in [0, 0.05) is 37.8 Å². The van der Waals surface area contributed by atoms with Crippen molar-refractivity contribution < 1.29 is 9.53 Å². The fraction of sp³-hybridized carbons (Fsp3) is 0.333. The summed E-state index contributed by atoms with van der Waals surface area (Å²) in [6.07, 6.45) is 9.39. The lowest BCUT2D eigenvalue weighted by Crippen LogP contribution is -2.32. The highest BCUT2D eigenvalue weighted by atomic mass is 16.5. The Kier molecular flexibility index (Phi) is 4.04. The number of carbonyl (C=O) groups excluding carboxylic acids is 1. The van der Waals surface area contributed by atoms with Crippen molar-refractivity contribution in [2.75, 3.05) is 13.1 Å². The zero-order valence-electron chi connectivity index (χ0n) is 11.6. The highest BCUT2D eigenvalue weighted by Crippen LogP contribution is 2.16. The fourth-order valence-electron chi connectivity index (χ4n) is 2.36. The minimum atomic E-state index is -0.0143. The SMILES string of the molecule is O=C(Cc1cccnc1)N1CCC(Oc2cnccn2)C1. The maximum absolute atomic E-state index is 12.2. The molecule has 1 fully saturated rings. The molecular formula is C15H16N4O2. The van der Waals surface area contributed by atoms with E-state index in [1.807, 2.05) is 17.0 Å². The molecule has 1 atom stereocenters. The van der Waals surface area contributed by atoms with Crippen molar-refractivity contribution in [3.63, 3.8) is 0 Å². The lowest BCUT2D eigenvalue weighted by Gasteiger charge is -2.16. The van der Waals surface area contributed by atoms with Crippen LogP contribution in [-0.4, -0.2) is 45.0 Å². The Morgan fingerprint density at radius 3 is 2.95 bits per heavy atom. The first kappa shape index (κ1) is 13.5. The number of aromatic nitrogens is 3. The molecule has 1 unspecified atom stereocenters. The summed E-state index contributed by atoms with van der Waals surface area (Å²) >= 11 is 0. The molecule has 1 saturated heterocycles. The Morgan fingerprint density at radius 1 is 1.29 bits per heavy atom. The highest BCUT2D eigenvalue weighted by Gasteiger charge is 2.27. The van der Waals surface area contributed by atoms with Gasteiger partial charge in [0.05, 0.1) is 19.2 Å². The maximum Gasteiger partial charge on any atom is 0.232 e. The number of likely N-dealkylation sites (tertiary alicyclic amines) is 1. The number of hydrogen-bond donors (Lipinski definition) is 0. The molecule has 2 aromatic rings. The molecule has 1 aliphatic rings. The van der Waals surface area contributed by atoms with Crippen LogP contribution in [0.5, 0.6) is 5.88 Å². The molecule has 6 nitrogen and oxygen atoms in total. The Balaban J connectivity index is 1.53. The number of nitrogens with zero attached hydrogens (tertiary/aromatic N) is 4. The Hall–Kier alpha value is -2.50. The van der Waals surface area contributed by atoms with Crippen molar-refractivity contribution in [3.8, 4) is 5.88 Å².